The van der Waals surface area contributed by atoms with Gasteiger partial charge in [-0.15, -0.1) is 11.3 Å². The van der Waals surface area contributed by atoms with E-state index in [0.29, 0.717) is 34.9 Å². The minimum absolute atomic E-state index is 0.0667. The Hall–Kier alpha value is -2.96. The largest absolute Gasteiger partial charge is 0.493 e. The number of aromatic nitrogens is 1. The van der Waals surface area contributed by atoms with Gasteiger partial charge in [-0.25, -0.2) is 9.78 Å². The van der Waals surface area contributed by atoms with E-state index in [0.717, 1.165) is 41.7 Å². The van der Waals surface area contributed by atoms with E-state index < -0.39 is 5.97 Å². The zero-order valence-corrected chi connectivity index (χ0v) is 23.1. The van der Waals surface area contributed by atoms with E-state index in [4.69, 9.17) is 14.5 Å². The van der Waals surface area contributed by atoms with Crippen LogP contribution in [0, 0.1) is 19.8 Å². The molecule has 2 aromatic heterocycles. The molecule has 1 N–H and O–H groups in total. The van der Waals surface area contributed by atoms with Gasteiger partial charge in [-0.05, 0) is 101 Å². The van der Waals surface area contributed by atoms with Gasteiger partial charge in [0, 0.05) is 4.70 Å². The first-order valence-corrected chi connectivity index (χ1v) is 13.9. The molecule has 0 aliphatic heterocycles. The molecule has 0 bridgehead atoms. The summed E-state index contributed by atoms with van der Waals surface area (Å²) in [5, 5.41) is 12.0. The maximum atomic E-state index is 12.5. The van der Waals surface area contributed by atoms with Gasteiger partial charge in [0.15, 0.2) is 0 Å². The van der Waals surface area contributed by atoms with Crippen molar-refractivity contribution in [3.05, 3.63) is 59.2 Å². The molecule has 1 fully saturated rings. The Morgan fingerprint density at radius 1 is 1.16 bits per heavy atom. The zero-order chi connectivity index (χ0) is 26.3. The minimum atomic E-state index is -0.970. The van der Waals surface area contributed by atoms with Crippen molar-refractivity contribution in [2.24, 2.45) is 5.92 Å². The van der Waals surface area contributed by atoms with Crippen molar-refractivity contribution in [3.8, 4) is 16.3 Å². The summed E-state index contributed by atoms with van der Waals surface area (Å²) in [6.45, 7) is 11.0. The molecule has 194 valence electrons. The second-order valence-electron chi connectivity index (χ2n) is 10.9. The normalized spacial score (nSPS) is 20.1. The van der Waals surface area contributed by atoms with Crippen molar-refractivity contribution in [2.75, 3.05) is 6.61 Å². The molecule has 0 unspecified atom stereocenters. The zero-order valence-electron chi connectivity index (χ0n) is 22.3. The molecule has 37 heavy (non-hydrogen) atoms. The first kappa shape index (κ1) is 25.7. The summed E-state index contributed by atoms with van der Waals surface area (Å²) in [6.07, 6.45) is 4.31. The molecule has 1 saturated carbocycles. The summed E-state index contributed by atoms with van der Waals surface area (Å²) in [4.78, 5) is 18.5. The number of rotatable bonds is 7. The first-order chi connectivity index (χ1) is 17.6. The Labute approximate surface area is 222 Å². The molecule has 2 heterocycles. The lowest BCUT2D eigenvalue weighted by molar-refractivity contribution is -0.0970. The number of aromatic carboxylic acids is 1. The Morgan fingerprint density at radius 2 is 1.89 bits per heavy atom. The average molecular weight is 518 g/mol. The lowest BCUT2D eigenvalue weighted by Gasteiger charge is -2.38. The highest BCUT2D eigenvalue weighted by molar-refractivity contribution is 7.22. The Morgan fingerprint density at radius 3 is 2.57 bits per heavy atom. The number of aryl methyl sites for hydroxylation is 2. The Bertz CT molecular complexity index is 1460. The van der Waals surface area contributed by atoms with Crippen LogP contribution in [-0.4, -0.2) is 34.4 Å². The van der Waals surface area contributed by atoms with Crippen LogP contribution in [0.4, 0.5) is 0 Å². The molecular weight excluding hydrogens is 482 g/mol. The van der Waals surface area contributed by atoms with Gasteiger partial charge in [-0.1, -0.05) is 24.3 Å². The third kappa shape index (κ3) is 5.10. The van der Waals surface area contributed by atoms with Gasteiger partial charge in [0.25, 0.3) is 0 Å². The van der Waals surface area contributed by atoms with Crippen LogP contribution in [0.5, 0.6) is 5.75 Å². The molecular formula is C31H35NO4S. The topological polar surface area (TPSA) is 68.7 Å². The number of ether oxygens (including phenoxy) is 2. The molecule has 0 saturated heterocycles. The predicted molar refractivity (Wildman–Crippen MR) is 151 cm³/mol. The quantitative estimate of drug-likeness (QED) is 0.268. The van der Waals surface area contributed by atoms with E-state index in [1.54, 1.807) is 17.4 Å². The molecule has 2 aromatic carbocycles. The summed E-state index contributed by atoms with van der Waals surface area (Å²) in [5.74, 6) is 0.0425. The summed E-state index contributed by atoms with van der Waals surface area (Å²) < 4.78 is 13.7. The van der Waals surface area contributed by atoms with Crippen LogP contribution in [0.1, 0.15) is 67.9 Å². The SMILES string of the molecule is Cc1c(-c2cc(C(=O)O)c3c(OCC4CCC(C)(OC(C)C)CC4)ccc(C)c3n2)sc2ccccc12. The third-order valence-electron chi connectivity index (χ3n) is 7.59. The van der Waals surface area contributed by atoms with Gasteiger partial charge >= 0.3 is 5.97 Å². The van der Waals surface area contributed by atoms with Crippen LogP contribution < -0.4 is 4.74 Å². The Kier molecular flexibility index (Phi) is 6.99. The highest BCUT2D eigenvalue weighted by atomic mass is 32.1. The highest BCUT2D eigenvalue weighted by Gasteiger charge is 2.33. The average Bonchev–Trinajstić information content (AvgIpc) is 3.20. The van der Waals surface area contributed by atoms with Gasteiger partial charge in [-0.2, -0.15) is 0 Å². The second kappa shape index (κ2) is 10.1. The van der Waals surface area contributed by atoms with Crippen molar-refractivity contribution in [2.45, 2.75) is 72.0 Å². The van der Waals surface area contributed by atoms with Crippen LogP contribution in [0.3, 0.4) is 0 Å². The summed E-state index contributed by atoms with van der Waals surface area (Å²) in [6, 6.07) is 13.8. The summed E-state index contributed by atoms with van der Waals surface area (Å²) in [5.41, 5.74) is 3.61. The molecule has 0 amide bonds. The second-order valence-corrected chi connectivity index (χ2v) is 11.9. The van der Waals surface area contributed by atoms with Crippen LogP contribution >= 0.6 is 11.3 Å². The third-order valence-corrected chi connectivity index (χ3v) is 8.88. The Balaban J connectivity index is 1.47. The lowest BCUT2D eigenvalue weighted by Crippen LogP contribution is -2.37. The smallest absolute Gasteiger partial charge is 0.336 e. The summed E-state index contributed by atoms with van der Waals surface area (Å²) in [7, 11) is 0. The maximum Gasteiger partial charge on any atom is 0.336 e. The fourth-order valence-corrected chi connectivity index (χ4v) is 6.79. The molecule has 6 heteroatoms. The van der Waals surface area contributed by atoms with E-state index in [1.165, 1.54) is 10.1 Å². The predicted octanol–water partition coefficient (Wildman–Crippen LogP) is 8.18. The monoisotopic (exact) mass is 517 g/mol. The maximum absolute atomic E-state index is 12.5. The van der Waals surface area contributed by atoms with Crippen molar-refractivity contribution in [1.82, 2.24) is 4.98 Å². The van der Waals surface area contributed by atoms with E-state index in [9.17, 15) is 9.90 Å². The van der Waals surface area contributed by atoms with Gasteiger partial charge in [-0.3, -0.25) is 0 Å². The molecule has 5 nitrogen and oxygen atoms in total. The van der Waals surface area contributed by atoms with Gasteiger partial charge in [0.1, 0.15) is 5.75 Å². The minimum Gasteiger partial charge on any atom is -0.493 e. The number of nitrogens with zero attached hydrogens (tertiary/aromatic N) is 1. The van der Waals surface area contributed by atoms with Crippen molar-refractivity contribution in [3.63, 3.8) is 0 Å². The van der Waals surface area contributed by atoms with Crippen molar-refractivity contribution >= 4 is 38.3 Å². The van der Waals surface area contributed by atoms with Crippen LogP contribution in [0.2, 0.25) is 0 Å². The van der Waals surface area contributed by atoms with Gasteiger partial charge < -0.3 is 14.6 Å². The number of carboxylic acid groups (broad SMARTS) is 1. The first-order valence-electron chi connectivity index (χ1n) is 13.1. The molecule has 0 radical (unpaired) electrons. The highest BCUT2D eigenvalue weighted by Crippen LogP contribution is 2.41. The lowest BCUT2D eigenvalue weighted by atomic mass is 9.80. The fraction of sp³-hybridized carbons (Fsp3) is 0.419. The molecule has 4 aromatic rings. The van der Waals surface area contributed by atoms with Crippen LogP contribution in [-0.2, 0) is 4.74 Å². The van der Waals surface area contributed by atoms with Gasteiger partial charge in [0.2, 0.25) is 0 Å². The number of hydrogen-bond donors (Lipinski definition) is 1. The van der Waals surface area contributed by atoms with Gasteiger partial charge in [0.05, 0.1) is 45.3 Å². The number of thiophene rings is 1. The van der Waals surface area contributed by atoms with E-state index in [-0.39, 0.29) is 17.3 Å². The number of hydrogen-bond acceptors (Lipinski definition) is 5. The van der Waals surface area contributed by atoms with E-state index in [1.807, 2.05) is 31.2 Å². The number of carbonyl (C=O) groups is 1. The molecule has 1 aliphatic rings. The number of benzene rings is 2. The summed E-state index contributed by atoms with van der Waals surface area (Å²) >= 11 is 1.65. The number of carboxylic acids is 1. The standard InChI is InChI=1S/C31H35NO4S/c1-18(2)36-31(5)14-12-21(13-15-31)17-35-25-11-10-19(3)28-27(25)23(30(33)34)16-24(32-28)29-20(4)22-8-6-7-9-26(22)37-29/h6-11,16,18,21H,12-15,17H2,1-5H3,(H,33,34). The van der Waals surface area contributed by atoms with Crippen LogP contribution in [0.25, 0.3) is 31.6 Å². The molecule has 1 aliphatic carbocycles. The van der Waals surface area contributed by atoms with E-state index >= 15 is 0 Å². The molecule has 5 rings (SSSR count). The number of pyridine rings is 1. The molecule has 0 spiro atoms. The van der Waals surface area contributed by atoms with Crippen molar-refractivity contribution < 1.29 is 19.4 Å². The number of fused-ring (bicyclic) bond motifs is 2. The fourth-order valence-electron chi connectivity index (χ4n) is 5.62. The van der Waals surface area contributed by atoms with Crippen LogP contribution in [0.15, 0.2) is 42.5 Å². The molecule has 0 atom stereocenters. The van der Waals surface area contributed by atoms with E-state index in [2.05, 4.69) is 39.8 Å². The van der Waals surface area contributed by atoms with Crippen molar-refractivity contribution in [1.29, 1.82) is 0 Å².